The first-order valence-corrected chi connectivity index (χ1v) is 5.97. The minimum Gasteiger partial charge on any atom is -0.383 e. The molecule has 2 aromatic rings. The molecule has 0 radical (unpaired) electrons. The van der Waals surface area contributed by atoms with E-state index in [9.17, 15) is 4.79 Å². The lowest BCUT2D eigenvalue weighted by molar-refractivity contribution is 0.0996. The molecule has 1 aliphatic carbocycles. The Balaban J connectivity index is 2.26. The van der Waals surface area contributed by atoms with Crippen molar-refractivity contribution in [3.8, 4) is 0 Å². The maximum atomic E-state index is 11.4. The van der Waals surface area contributed by atoms with E-state index in [2.05, 4.69) is 15.1 Å². The van der Waals surface area contributed by atoms with E-state index in [4.69, 9.17) is 11.5 Å². The van der Waals surface area contributed by atoms with Crippen LogP contribution in [0.3, 0.4) is 0 Å². The number of nitrogens with two attached hydrogens (primary N) is 2. The number of carbonyl (C=O) groups excluding carboxylic acids is 1. The fourth-order valence-corrected chi connectivity index (χ4v) is 2.57. The predicted octanol–water partition coefficient (Wildman–Crippen LogP) is 0.622. The van der Waals surface area contributed by atoms with Crippen molar-refractivity contribution in [1.82, 2.24) is 19.7 Å². The summed E-state index contributed by atoms with van der Waals surface area (Å²) in [6.45, 7) is 0. The first kappa shape index (κ1) is 10.9. The van der Waals surface area contributed by atoms with Crippen LogP contribution >= 0.6 is 0 Å². The number of hydrogen-bond acceptors (Lipinski definition) is 5. The van der Waals surface area contributed by atoms with E-state index in [1.54, 1.807) is 4.68 Å². The van der Waals surface area contributed by atoms with E-state index >= 15 is 0 Å². The van der Waals surface area contributed by atoms with Gasteiger partial charge in [-0.1, -0.05) is 12.8 Å². The second kappa shape index (κ2) is 3.94. The first-order chi connectivity index (χ1) is 8.68. The van der Waals surface area contributed by atoms with Crippen molar-refractivity contribution in [2.24, 2.45) is 5.73 Å². The maximum absolute atomic E-state index is 11.4. The van der Waals surface area contributed by atoms with Crippen LogP contribution in [0.2, 0.25) is 0 Å². The number of rotatable bonds is 2. The van der Waals surface area contributed by atoms with Crippen molar-refractivity contribution in [3.63, 3.8) is 0 Å². The Kier molecular flexibility index (Phi) is 2.39. The highest BCUT2D eigenvalue weighted by molar-refractivity contribution is 6.06. The molecule has 1 amide bonds. The molecule has 2 heterocycles. The van der Waals surface area contributed by atoms with Crippen molar-refractivity contribution >= 4 is 22.8 Å². The van der Waals surface area contributed by atoms with Crippen molar-refractivity contribution in [2.45, 2.75) is 31.7 Å². The zero-order valence-electron chi connectivity index (χ0n) is 9.83. The molecule has 0 unspecified atom stereocenters. The van der Waals surface area contributed by atoms with Crippen LogP contribution in [0.25, 0.3) is 11.0 Å². The largest absolute Gasteiger partial charge is 0.383 e. The van der Waals surface area contributed by atoms with E-state index in [0.717, 1.165) is 12.8 Å². The van der Waals surface area contributed by atoms with E-state index in [1.807, 2.05) is 0 Å². The molecule has 3 rings (SSSR count). The number of anilines is 1. The number of primary amides is 1. The molecule has 18 heavy (non-hydrogen) atoms. The van der Waals surface area contributed by atoms with Gasteiger partial charge in [-0.05, 0) is 12.8 Å². The summed E-state index contributed by atoms with van der Waals surface area (Å²) in [6.07, 6.45) is 5.80. The van der Waals surface area contributed by atoms with Crippen LogP contribution < -0.4 is 11.5 Å². The molecule has 0 spiro atoms. The van der Waals surface area contributed by atoms with Crippen molar-refractivity contribution < 1.29 is 4.79 Å². The zero-order valence-corrected chi connectivity index (χ0v) is 9.83. The lowest BCUT2D eigenvalue weighted by Gasteiger charge is -2.09. The summed E-state index contributed by atoms with van der Waals surface area (Å²) in [5, 5.41) is 4.76. The number of nitrogen functional groups attached to an aromatic ring is 1. The summed E-state index contributed by atoms with van der Waals surface area (Å²) in [6, 6.07) is 0.273. The van der Waals surface area contributed by atoms with Crippen LogP contribution in [0.5, 0.6) is 0 Å². The Labute approximate surface area is 103 Å². The SMILES string of the molecule is NC(=O)c1nn(C2CCCC2)c2ncnc(N)c12. The number of fused-ring (bicyclic) bond motifs is 1. The Morgan fingerprint density at radius 2 is 2.06 bits per heavy atom. The second-order valence-electron chi connectivity index (χ2n) is 4.55. The minimum atomic E-state index is -0.599. The molecule has 0 saturated heterocycles. The number of amides is 1. The zero-order chi connectivity index (χ0) is 12.7. The van der Waals surface area contributed by atoms with Crippen LogP contribution in [0.15, 0.2) is 6.33 Å². The molecule has 2 aromatic heterocycles. The summed E-state index contributed by atoms with van der Waals surface area (Å²) >= 11 is 0. The van der Waals surface area contributed by atoms with E-state index in [-0.39, 0.29) is 17.6 Å². The van der Waals surface area contributed by atoms with Gasteiger partial charge in [0.15, 0.2) is 11.3 Å². The summed E-state index contributed by atoms with van der Waals surface area (Å²) in [4.78, 5) is 19.5. The van der Waals surface area contributed by atoms with Crippen LogP contribution in [-0.2, 0) is 0 Å². The third kappa shape index (κ3) is 1.51. The summed E-state index contributed by atoms with van der Waals surface area (Å²) in [5.41, 5.74) is 11.9. The van der Waals surface area contributed by atoms with Gasteiger partial charge < -0.3 is 11.5 Å². The molecule has 94 valence electrons. The van der Waals surface area contributed by atoms with Crippen molar-refractivity contribution in [1.29, 1.82) is 0 Å². The van der Waals surface area contributed by atoms with Crippen LogP contribution in [0.1, 0.15) is 42.2 Å². The molecule has 0 bridgehead atoms. The average molecular weight is 246 g/mol. The summed E-state index contributed by atoms with van der Waals surface area (Å²) in [5.74, 6) is -0.351. The molecule has 0 aromatic carbocycles. The molecule has 1 aliphatic rings. The van der Waals surface area contributed by atoms with Crippen molar-refractivity contribution in [2.75, 3.05) is 5.73 Å². The van der Waals surface area contributed by atoms with Gasteiger partial charge in [-0.15, -0.1) is 0 Å². The lowest BCUT2D eigenvalue weighted by Crippen LogP contribution is -2.14. The van der Waals surface area contributed by atoms with Gasteiger partial charge in [-0.2, -0.15) is 5.10 Å². The Morgan fingerprint density at radius 1 is 1.33 bits per heavy atom. The van der Waals surface area contributed by atoms with Gasteiger partial charge in [0.25, 0.3) is 5.91 Å². The van der Waals surface area contributed by atoms with Gasteiger partial charge >= 0.3 is 0 Å². The fraction of sp³-hybridized carbons (Fsp3) is 0.455. The van der Waals surface area contributed by atoms with Gasteiger partial charge in [-0.3, -0.25) is 4.79 Å². The third-order valence-electron chi connectivity index (χ3n) is 3.42. The molecular weight excluding hydrogens is 232 g/mol. The number of aromatic nitrogens is 4. The number of nitrogens with zero attached hydrogens (tertiary/aromatic N) is 4. The van der Waals surface area contributed by atoms with E-state index in [0.29, 0.717) is 11.0 Å². The Bertz CT molecular complexity index is 613. The topological polar surface area (TPSA) is 113 Å². The Hall–Kier alpha value is -2.18. The van der Waals surface area contributed by atoms with Gasteiger partial charge in [0.05, 0.1) is 11.4 Å². The highest BCUT2D eigenvalue weighted by Gasteiger charge is 2.25. The lowest BCUT2D eigenvalue weighted by atomic mass is 10.2. The molecule has 4 N–H and O–H groups in total. The highest BCUT2D eigenvalue weighted by atomic mass is 16.1. The van der Waals surface area contributed by atoms with Crippen molar-refractivity contribution in [3.05, 3.63) is 12.0 Å². The molecule has 0 atom stereocenters. The molecule has 7 nitrogen and oxygen atoms in total. The summed E-state index contributed by atoms with van der Waals surface area (Å²) < 4.78 is 1.78. The van der Waals surface area contributed by atoms with Crippen LogP contribution in [-0.4, -0.2) is 25.7 Å². The van der Waals surface area contributed by atoms with Gasteiger partial charge in [0, 0.05) is 0 Å². The van der Waals surface area contributed by atoms with Gasteiger partial charge in [0.2, 0.25) is 0 Å². The Morgan fingerprint density at radius 3 is 2.72 bits per heavy atom. The molecule has 0 aliphatic heterocycles. The van der Waals surface area contributed by atoms with Crippen LogP contribution in [0.4, 0.5) is 5.82 Å². The molecular formula is C11H14N6O. The standard InChI is InChI=1S/C11H14N6O/c12-9-7-8(10(13)18)16-17(6-3-1-2-4-6)11(7)15-5-14-9/h5-6H,1-4H2,(H2,13,18)(H2,12,14,15). The minimum absolute atomic E-state index is 0.162. The second-order valence-corrected chi connectivity index (χ2v) is 4.55. The van der Waals surface area contributed by atoms with E-state index in [1.165, 1.54) is 19.2 Å². The molecule has 1 saturated carbocycles. The smallest absolute Gasteiger partial charge is 0.270 e. The highest BCUT2D eigenvalue weighted by Crippen LogP contribution is 2.32. The molecule has 1 fully saturated rings. The quantitative estimate of drug-likeness (QED) is 0.806. The predicted molar refractivity (Wildman–Crippen MR) is 65.8 cm³/mol. The fourth-order valence-electron chi connectivity index (χ4n) is 2.57. The van der Waals surface area contributed by atoms with E-state index < -0.39 is 5.91 Å². The van der Waals surface area contributed by atoms with Crippen LogP contribution in [0, 0.1) is 0 Å². The number of hydrogen-bond donors (Lipinski definition) is 2. The summed E-state index contributed by atoms with van der Waals surface area (Å²) in [7, 11) is 0. The molecule has 7 heteroatoms. The number of carbonyl (C=O) groups is 1. The maximum Gasteiger partial charge on any atom is 0.270 e. The van der Waals surface area contributed by atoms with Gasteiger partial charge in [0.1, 0.15) is 12.1 Å². The monoisotopic (exact) mass is 246 g/mol. The third-order valence-corrected chi connectivity index (χ3v) is 3.42. The normalized spacial score (nSPS) is 16.4. The van der Waals surface area contributed by atoms with Gasteiger partial charge in [-0.25, -0.2) is 14.6 Å². The average Bonchev–Trinajstić information content (AvgIpc) is 2.95. The first-order valence-electron chi connectivity index (χ1n) is 5.97.